The maximum atomic E-state index is 11.0. The lowest BCUT2D eigenvalue weighted by atomic mass is 9.98. The van der Waals surface area contributed by atoms with E-state index in [2.05, 4.69) is 10.1 Å². The van der Waals surface area contributed by atoms with Crippen molar-refractivity contribution in [3.05, 3.63) is 0 Å². The van der Waals surface area contributed by atoms with E-state index in [1.165, 1.54) is 6.21 Å². The molecule has 1 fully saturated rings. The second-order valence-corrected chi connectivity index (χ2v) is 3.83. The molecular formula is C7H13BN2O3P+. The molecule has 1 aliphatic heterocycles. The van der Waals surface area contributed by atoms with Crippen LogP contribution < -0.4 is 5.32 Å². The lowest BCUT2D eigenvalue weighted by molar-refractivity contribution is -0.0186. The molecule has 3 atom stereocenters. The van der Waals surface area contributed by atoms with Crippen LogP contribution in [0.3, 0.4) is 0 Å². The molecule has 1 rings (SSSR count). The molecule has 0 bridgehead atoms. The highest BCUT2D eigenvalue weighted by Gasteiger charge is 2.24. The van der Waals surface area contributed by atoms with E-state index in [0.717, 1.165) is 0 Å². The second-order valence-electron chi connectivity index (χ2n) is 2.86. The normalized spacial score (nSPS) is 29.4. The Hall–Kier alpha value is -0.285. The van der Waals surface area contributed by atoms with Crippen molar-refractivity contribution in [2.24, 2.45) is 4.76 Å². The summed E-state index contributed by atoms with van der Waals surface area (Å²) in [6, 6.07) is -0.315. The molecule has 1 N–H and O–H groups in total. The van der Waals surface area contributed by atoms with E-state index in [1.807, 2.05) is 0 Å². The van der Waals surface area contributed by atoms with Crippen LogP contribution in [-0.4, -0.2) is 45.9 Å². The van der Waals surface area contributed by atoms with Gasteiger partial charge in [-0.3, -0.25) is 0 Å². The van der Waals surface area contributed by atoms with Gasteiger partial charge in [-0.1, -0.05) is 0 Å². The van der Waals surface area contributed by atoms with Crippen LogP contribution in [0.2, 0.25) is 0 Å². The Balaban J connectivity index is 2.20. The van der Waals surface area contributed by atoms with Gasteiger partial charge in [0.05, 0.1) is 12.3 Å². The predicted molar refractivity (Wildman–Crippen MR) is 55.0 cm³/mol. The molecule has 0 aromatic rings. The summed E-state index contributed by atoms with van der Waals surface area (Å²) in [5, 5.41) is 3.08. The van der Waals surface area contributed by atoms with Crippen molar-refractivity contribution < 1.29 is 13.8 Å². The highest BCUT2D eigenvalue weighted by molar-refractivity contribution is 7.37. The third-order valence-corrected chi connectivity index (χ3v) is 2.45. The van der Waals surface area contributed by atoms with Crippen LogP contribution >= 0.6 is 8.18 Å². The van der Waals surface area contributed by atoms with Gasteiger partial charge in [0.2, 0.25) is 0 Å². The molecule has 0 aromatic heterocycles. The second kappa shape index (κ2) is 6.25. The molecule has 14 heavy (non-hydrogen) atoms. The Labute approximate surface area is 85.6 Å². The quantitative estimate of drug-likeness (QED) is 0.414. The van der Waals surface area contributed by atoms with Crippen molar-refractivity contribution in [1.82, 2.24) is 5.32 Å². The van der Waals surface area contributed by atoms with Crippen molar-refractivity contribution >= 4 is 22.2 Å². The number of rotatable bonds is 4. The number of hydrogen-bond donors (Lipinski definition) is 1. The number of nitrogens with zero attached hydrogens (tertiary/aromatic N) is 1. The lowest BCUT2D eigenvalue weighted by Gasteiger charge is -2.27. The van der Waals surface area contributed by atoms with Crippen molar-refractivity contribution in [2.45, 2.75) is 19.0 Å². The van der Waals surface area contributed by atoms with E-state index in [0.29, 0.717) is 13.1 Å². The Bertz CT molecular complexity index is 227. The first-order chi connectivity index (χ1) is 6.72. The van der Waals surface area contributed by atoms with Gasteiger partial charge in [-0.2, -0.15) is 0 Å². The molecule has 0 aliphatic carbocycles. The molecule has 0 amide bonds. The molecule has 1 heterocycles. The van der Waals surface area contributed by atoms with Gasteiger partial charge in [0.15, 0.2) is 0 Å². The van der Waals surface area contributed by atoms with Crippen LogP contribution in [0.4, 0.5) is 0 Å². The zero-order chi connectivity index (χ0) is 10.4. The molecule has 2 radical (unpaired) electrons. The summed E-state index contributed by atoms with van der Waals surface area (Å²) in [5.41, 5.74) is 0. The molecule has 5 nitrogen and oxygen atoms in total. The van der Waals surface area contributed by atoms with E-state index in [9.17, 15) is 4.57 Å². The van der Waals surface area contributed by atoms with Crippen LogP contribution in [0.15, 0.2) is 4.76 Å². The third-order valence-electron chi connectivity index (χ3n) is 1.67. The first kappa shape index (κ1) is 11.8. The topological polar surface area (TPSA) is 59.9 Å². The standard InChI is InChI=1S/C7H13BN2O3P/c1-2-10-14(11)12-5-6-3-9-4-7(8)13-6/h2,6-7,9H,3-5H2,1H3/q+1/t6?,7-/m1/s1. The summed E-state index contributed by atoms with van der Waals surface area (Å²) in [7, 11) is 3.60. The summed E-state index contributed by atoms with van der Waals surface area (Å²) in [6.07, 6.45) is 1.30. The lowest BCUT2D eigenvalue weighted by Crippen LogP contribution is -2.46. The fraction of sp³-hybridized carbons (Fsp3) is 0.857. The van der Waals surface area contributed by atoms with Crippen LogP contribution in [0, 0.1) is 0 Å². The van der Waals surface area contributed by atoms with Crippen molar-refractivity contribution in [2.75, 3.05) is 19.7 Å². The number of hydrogen-bond acceptors (Lipinski definition) is 4. The van der Waals surface area contributed by atoms with E-state index in [1.54, 1.807) is 6.92 Å². The van der Waals surface area contributed by atoms with E-state index >= 15 is 0 Å². The molecule has 0 spiro atoms. The minimum absolute atomic E-state index is 0.148. The van der Waals surface area contributed by atoms with Crippen molar-refractivity contribution in [3.8, 4) is 0 Å². The molecule has 7 heteroatoms. The minimum Gasteiger partial charge on any atom is -0.380 e. The fourth-order valence-corrected chi connectivity index (χ4v) is 1.65. The van der Waals surface area contributed by atoms with Gasteiger partial charge in [-0.05, 0) is 11.7 Å². The van der Waals surface area contributed by atoms with Gasteiger partial charge in [-0.15, -0.1) is 4.52 Å². The van der Waals surface area contributed by atoms with E-state index in [4.69, 9.17) is 17.1 Å². The van der Waals surface area contributed by atoms with Gasteiger partial charge in [-0.25, -0.2) is 0 Å². The largest absolute Gasteiger partial charge is 0.669 e. The minimum atomic E-state index is -1.95. The average molecular weight is 215 g/mol. The molecule has 0 aromatic carbocycles. The van der Waals surface area contributed by atoms with Crippen LogP contribution in [0.25, 0.3) is 0 Å². The summed E-state index contributed by atoms with van der Waals surface area (Å²) in [5.74, 6) is 0. The highest BCUT2D eigenvalue weighted by Crippen LogP contribution is 2.23. The Morgan fingerprint density at radius 3 is 3.21 bits per heavy atom. The molecular weight excluding hydrogens is 202 g/mol. The first-order valence-electron chi connectivity index (χ1n) is 4.43. The molecule has 76 valence electrons. The van der Waals surface area contributed by atoms with Crippen LogP contribution in [0.5, 0.6) is 0 Å². The summed E-state index contributed by atoms with van der Waals surface area (Å²) in [4.78, 5) is 0. The monoisotopic (exact) mass is 215 g/mol. The SMILES string of the molecule is [B][C@H]1CNCC(CO[P+](=O)N=CC)O1. The molecule has 1 aliphatic rings. The maximum Gasteiger partial charge on any atom is 0.669 e. The van der Waals surface area contributed by atoms with Gasteiger partial charge < -0.3 is 10.1 Å². The van der Waals surface area contributed by atoms with Gasteiger partial charge in [0.1, 0.15) is 14.5 Å². The average Bonchev–Trinajstić information content (AvgIpc) is 2.15. The Kier molecular flexibility index (Phi) is 5.26. The Morgan fingerprint density at radius 1 is 1.79 bits per heavy atom. The van der Waals surface area contributed by atoms with Crippen molar-refractivity contribution in [1.29, 1.82) is 0 Å². The van der Waals surface area contributed by atoms with E-state index in [-0.39, 0.29) is 18.7 Å². The van der Waals surface area contributed by atoms with Crippen LogP contribution in [0.1, 0.15) is 6.92 Å². The number of morpholine rings is 1. The Morgan fingerprint density at radius 2 is 2.57 bits per heavy atom. The maximum absolute atomic E-state index is 11.0. The van der Waals surface area contributed by atoms with Crippen molar-refractivity contribution in [3.63, 3.8) is 0 Å². The van der Waals surface area contributed by atoms with Crippen LogP contribution in [-0.2, 0) is 13.8 Å². The first-order valence-corrected chi connectivity index (χ1v) is 5.56. The smallest absolute Gasteiger partial charge is 0.380 e. The summed E-state index contributed by atoms with van der Waals surface area (Å²) < 4.78 is 24.9. The zero-order valence-electron chi connectivity index (χ0n) is 8.05. The summed E-state index contributed by atoms with van der Waals surface area (Å²) in [6.45, 7) is 3.22. The highest BCUT2D eigenvalue weighted by atomic mass is 31.1. The van der Waals surface area contributed by atoms with Gasteiger partial charge in [0, 0.05) is 23.7 Å². The zero-order valence-corrected chi connectivity index (χ0v) is 8.94. The molecule has 0 saturated carbocycles. The van der Waals surface area contributed by atoms with Gasteiger partial charge >= 0.3 is 8.18 Å². The van der Waals surface area contributed by atoms with E-state index < -0.39 is 8.18 Å². The molecule has 1 saturated heterocycles. The predicted octanol–water partition coefficient (Wildman–Crippen LogP) is 0.234. The number of ether oxygens (including phenoxy) is 1. The fourth-order valence-electron chi connectivity index (χ4n) is 1.10. The van der Waals surface area contributed by atoms with Gasteiger partial charge in [0.25, 0.3) is 0 Å². The third kappa shape index (κ3) is 4.29. The number of nitrogens with one attached hydrogen (secondary N) is 1. The summed E-state index contributed by atoms with van der Waals surface area (Å²) >= 11 is 0. The molecule has 2 unspecified atom stereocenters.